The van der Waals surface area contributed by atoms with Crippen LogP contribution in [0.15, 0.2) is 107 Å². The number of benzene rings is 2. The van der Waals surface area contributed by atoms with Gasteiger partial charge in [0.15, 0.2) is 0 Å². The molecule has 308 valence electrons. The van der Waals surface area contributed by atoms with Crippen molar-refractivity contribution in [2.45, 2.75) is 76.2 Å². The summed E-state index contributed by atoms with van der Waals surface area (Å²) in [7, 11) is 0. The molecule has 2 aromatic carbocycles. The number of nitrogens with one attached hydrogen (secondary N) is 1. The van der Waals surface area contributed by atoms with Crippen LogP contribution < -0.4 is 25.9 Å². The third-order valence-electron chi connectivity index (χ3n) is 9.42. The van der Waals surface area contributed by atoms with E-state index in [9.17, 15) is 35.9 Å². The Kier molecular flexibility index (Phi) is 17.6. The first-order valence-corrected chi connectivity index (χ1v) is 19.1. The Hall–Kier alpha value is -3.79. The van der Waals surface area contributed by atoms with Crippen molar-refractivity contribution in [3.8, 4) is 11.5 Å². The Morgan fingerprint density at radius 1 is 0.625 bits per heavy atom. The topological polar surface area (TPSA) is 77.7 Å². The van der Waals surface area contributed by atoms with Crippen molar-refractivity contribution in [3.63, 3.8) is 0 Å². The molecule has 56 heavy (non-hydrogen) atoms. The molecule has 6 rings (SSSR count). The maximum absolute atomic E-state index is 12.9. The second-order valence-electron chi connectivity index (χ2n) is 13.8. The molecule has 0 bridgehead atoms. The minimum atomic E-state index is -4.62. The van der Waals surface area contributed by atoms with E-state index < -0.39 is 34.6 Å². The van der Waals surface area contributed by atoms with Crippen molar-refractivity contribution in [2.24, 2.45) is 0 Å². The van der Waals surface area contributed by atoms with E-state index >= 15 is 0 Å². The van der Waals surface area contributed by atoms with E-state index in [1.165, 1.54) is 24.5 Å². The van der Waals surface area contributed by atoms with Gasteiger partial charge in [0.1, 0.15) is 33.8 Å². The number of likely N-dealkylation sites (tertiary alicyclic amines) is 1. The van der Waals surface area contributed by atoms with E-state index in [1.54, 1.807) is 0 Å². The Morgan fingerprint density at radius 2 is 1.04 bits per heavy atom. The summed E-state index contributed by atoms with van der Waals surface area (Å²) in [6.07, 6.45) is -2.65. The van der Waals surface area contributed by atoms with Gasteiger partial charge in [-0.25, -0.2) is 0 Å². The van der Waals surface area contributed by atoms with Gasteiger partial charge >= 0.3 is 12.4 Å². The van der Waals surface area contributed by atoms with Crippen LogP contribution in [0.4, 0.5) is 26.3 Å². The predicted molar refractivity (Wildman–Crippen MR) is 211 cm³/mol. The van der Waals surface area contributed by atoms with Crippen LogP contribution in [0.25, 0.3) is 0 Å². The number of hydrogen-bond donors (Lipinski definition) is 1. The zero-order chi connectivity index (χ0) is 40.1. The summed E-state index contributed by atoms with van der Waals surface area (Å²) in [5.74, 6) is 1.82. The molecule has 4 heterocycles. The second-order valence-corrected chi connectivity index (χ2v) is 14.6. The molecule has 16 heteroatoms. The molecule has 2 saturated heterocycles. The molecule has 0 spiro atoms. The summed E-state index contributed by atoms with van der Waals surface area (Å²) in [6.45, 7) is 8.93. The number of alkyl halides is 7. The predicted octanol–water partition coefficient (Wildman–Crippen LogP) is 8.69. The SMILES string of the molecule is CC1(Oc2ccccc2)CCN(CCn2cccc(C(F)(F)F)c2=O)CC1.CC1(Oc2ccccc2)CCNCC1.Cl.O=c1c(C(F)(F)F)cccn1CCBr. The highest BCUT2D eigenvalue weighted by molar-refractivity contribution is 9.09. The van der Waals surface area contributed by atoms with Gasteiger partial charge in [-0.3, -0.25) is 9.59 Å². The van der Waals surface area contributed by atoms with Crippen LogP contribution in [0.2, 0.25) is 0 Å². The molecular weight excluding hydrogens is 830 g/mol. The van der Waals surface area contributed by atoms with Crippen LogP contribution in [0.5, 0.6) is 11.5 Å². The van der Waals surface area contributed by atoms with Crippen molar-refractivity contribution in [2.75, 3.05) is 38.1 Å². The number of piperidine rings is 2. The maximum Gasteiger partial charge on any atom is 0.421 e. The van der Waals surface area contributed by atoms with Crippen LogP contribution >= 0.6 is 28.3 Å². The molecule has 8 nitrogen and oxygen atoms in total. The minimum Gasteiger partial charge on any atom is -0.487 e. The summed E-state index contributed by atoms with van der Waals surface area (Å²) in [5.41, 5.74) is -4.47. The third kappa shape index (κ3) is 14.3. The number of nitrogens with zero attached hydrogens (tertiary/aromatic N) is 3. The Bertz CT molecular complexity index is 1880. The lowest BCUT2D eigenvalue weighted by atomic mass is 9.93. The summed E-state index contributed by atoms with van der Waals surface area (Å²) in [4.78, 5) is 25.4. The van der Waals surface area contributed by atoms with Crippen LogP contribution in [-0.2, 0) is 25.4 Å². The van der Waals surface area contributed by atoms with Gasteiger partial charge in [0.2, 0.25) is 0 Å². The van der Waals surface area contributed by atoms with Crippen LogP contribution in [0.1, 0.15) is 50.7 Å². The van der Waals surface area contributed by atoms with Crippen LogP contribution in [0, 0.1) is 0 Å². The average Bonchev–Trinajstić information content (AvgIpc) is 3.13. The molecule has 2 aliphatic heterocycles. The molecule has 2 aromatic heterocycles. The normalized spacial score (nSPS) is 16.5. The van der Waals surface area contributed by atoms with E-state index in [0.29, 0.717) is 11.9 Å². The molecule has 2 fully saturated rings. The molecule has 0 amide bonds. The largest absolute Gasteiger partial charge is 0.487 e. The van der Waals surface area contributed by atoms with Crippen LogP contribution in [-0.4, -0.2) is 63.3 Å². The highest BCUT2D eigenvalue weighted by atomic mass is 79.9. The Labute approximate surface area is 337 Å². The quantitative estimate of drug-likeness (QED) is 0.134. The first-order chi connectivity index (χ1) is 26.0. The summed E-state index contributed by atoms with van der Waals surface area (Å²) in [5, 5.41) is 3.78. The van der Waals surface area contributed by atoms with E-state index in [2.05, 4.69) is 40.0 Å². The molecule has 0 radical (unpaired) electrons. The molecule has 1 N–H and O–H groups in total. The van der Waals surface area contributed by atoms with Gasteiger partial charge in [0, 0.05) is 50.4 Å². The Balaban J connectivity index is 0.000000245. The highest BCUT2D eigenvalue weighted by Gasteiger charge is 2.36. The fraction of sp³-hybridized carbons (Fsp3) is 0.450. The number of para-hydroxylation sites is 2. The van der Waals surface area contributed by atoms with Gasteiger partial charge in [-0.1, -0.05) is 52.3 Å². The van der Waals surface area contributed by atoms with Crippen molar-refractivity contribution in [1.29, 1.82) is 0 Å². The lowest BCUT2D eigenvalue weighted by Crippen LogP contribution is -2.47. The lowest BCUT2D eigenvalue weighted by molar-refractivity contribution is -0.139. The summed E-state index contributed by atoms with van der Waals surface area (Å²) in [6, 6.07) is 23.8. The molecule has 0 atom stereocenters. The third-order valence-corrected chi connectivity index (χ3v) is 9.78. The van der Waals surface area contributed by atoms with Crippen LogP contribution in [0.3, 0.4) is 0 Å². The first-order valence-electron chi connectivity index (χ1n) is 18.0. The molecule has 0 saturated carbocycles. The van der Waals surface area contributed by atoms with Gasteiger partial charge in [-0.05, 0) is 101 Å². The summed E-state index contributed by atoms with van der Waals surface area (Å²) >= 11 is 3.05. The van der Waals surface area contributed by atoms with Crippen molar-refractivity contribution < 1.29 is 35.8 Å². The summed E-state index contributed by atoms with van der Waals surface area (Å²) < 4.78 is 89.6. The standard InChI is InChI=1S/C20H23F3N2O2.C12H17NO.C8H7BrF3NO.ClH/c1-19(27-16-6-3-2-4-7-16)9-12-24(13-10-19)14-15-25-11-5-8-17(18(25)26)20(21,22)23;1-12(7-9-13-10-8-12)14-11-5-3-2-4-6-11;9-3-5-13-4-1-2-6(7(13)14)8(10,11)12;/h2-8,11H,9-10,12-15H2,1H3;2-6,13H,7-10H2,1H3;1-2,4H,3,5H2;1H. The number of aromatic nitrogens is 2. The fourth-order valence-corrected chi connectivity index (χ4v) is 6.54. The highest BCUT2D eigenvalue weighted by Crippen LogP contribution is 2.29. The lowest BCUT2D eigenvalue weighted by Gasteiger charge is -2.39. The smallest absolute Gasteiger partial charge is 0.421 e. The van der Waals surface area contributed by atoms with Gasteiger partial charge in [0.05, 0.1) is 0 Å². The van der Waals surface area contributed by atoms with Gasteiger partial charge in [-0.15, -0.1) is 12.4 Å². The monoisotopic (exact) mass is 876 g/mol. The number of ether oxygens (including phenoxy) is 2. The fourth-order valence-electron chi connectivity index (χ4n) is 6.15. The average molecular weight is 878 g/mol. The molecular formula is C40H48BrClF6N4O4. The van der Waals surface area contributed by atoms with Crippen molar-refractivity contribution >= 4 is 28.3 Å². The van der Waals surface area contributed by atoms with Gasteiger partial charge in [-0.2, -0.15) is 26.3 Å². The number of halogens is 8. The van der Waals surface area contributed by atoms with Crippen molar-refractivity contribution in [3.05, 3.63) is 129 Å². The number of hydrogen-bond acceptors (Lipinski definition) is 6. The molecule has 2 aliphatic rings. The zero-order valence-electron chi connectivity index (χ0n) is 31.3. The number of aryl methyl sites for hydroxylation is 1. The van der Waals surface area contributed by atoms with E-state index in [0.717, 1.165) is 84.6 Å². The first kappa shape index (κ1) is 46.6. The molecule has 0 unspecified atom stereocenters. The molecule has 4 aromatic rings. The zero-order valence-corrected chi connectivity index (χ0v) is 33.7. The number of rotatable bonds is 9. The van der Waals surface area contributed by atoms with E-state index in [-0.39, 0.29) is 36.7 Å². The molecule has 0 aliphatic carbocycles. The Morgan fingerprint density at radius 3 is 1.45 bits per heavy atom. The van der Waals surface area contributed by atoms with E-state index in [4.69, 9.17) is 9.47 Å². The van der Waals surface area contributed by atoms with Gasteiger partial charge < -0.3 is 28.8 Å². The second kappa shape index (κ2) is 21.1. The minimum absolute atomic E-state index is 0. The maximum atomic E-state index is 12.9. The number of pyridine rings is 2. The van der Waals surface area contributed by atoms with Gasteiger partial charge in [0.25, 0.3) is 11.1 Å². The van der Waals surface area contributed by atoms with Crippen molar-refractivity contribution in [1.82, 2.24) is 19.4 Å². The van der Waals surface area contributed by atoms with E-state index in [1.807, 2.05) is 60.7 Å².